The fourth-order valence-electron chi connectivity index (χ4n) is 2.80. The predicted molar refractivity (Wildman–Crippen MR) is 86.4 cm³/mol. The van der Waals surface area contributed by atoms with Gasteiger partial charge < -0.3 is 9.52 Å². The summed E-state index contributed by atoms with van der Waals surface area (Å²) >= 11 is 1.85. The molecule has 1 N–H and O–H groups in total. The highest BCUT2D eigenvalue weighted by atomic mass is 32.2. The van der Waals surface area contributed by atoms with Gasteiger partial charge in [0, 0.05) is 24.6 Å². The number of furan rings is 1. The molecule has 1 fully saturated rings. The average Bonchev–Trinajstić information content (AvgIpc) is 2.97. The van der Waals surface area contributed by atoms with E-state index in [-0.39, 0.29) is 6.04 Å². The number of benzene rings is 1. The van der Waals surface area contributed by atoms with Gasteiger partial charge in [-0.2, -0.15) is 11.8 Å². The summed E-state index contributed by atoms with van der Waals surface area (Å²) < 4.78 is 32.1. The fraction of sp³-hybridized carbons (Fsp3) is 0.412. The third kappa shape index (κ3) is 3.76. The molecule has 23 heavy (non-hydrogen) atoms. The van der Waals surface area contributed by atoms with E-state index in [1.54, 1.807) is 0 Å². The lowest BCUT2D eigenvalue weighted by atomic mass is 10.1. The second-order valence-corrected chi connectivity index (χ2v) is 6.87. The monoisotopic (exact) mass is 339 g/mol. The molecule has 1 aliphatic heterocycles. The summed E-state index contributed by atoms with van der Waals surface area (Å²) in [6.07, 6.45) is -0.869. The zero-order valence-electron chi connectivity index (χ0n) is 12.8. The molecule has 0 radical (unpaired) electrons. The van der Waals surface area contributed by atoms with Crippen molar-refractivity contribution in [3.05, 3.63) is 59.1 Å². The molecule has 0 spiro atoms. The molecule has 1 aromatic carbocycles. The maximum Gasteiger partial charge on any atom is 0.159 e. The minimum atomic E-state index is -0.936. The summed E-state index contributed by atoms with van der Waals surface area (Å²) in [6, 6.07) is 7.51. The third-order valence-corrected chi connectivity index (χ3v) is 5.09. The van der Waals surface area contributed by atoms with Crippen LogP contribution >= 0.6 is 11.8 Å². The van der Waals surface area contributed by atoms with Gasteiger partial charge in [-0.05, 0) is 36.8 Å². The average molecular weight is 339 g/mol. The van der Waals surface area contributed by atoms with Crippen LogP contribution in [0.2, 0.25) is 0 Å². The van der Waals surface area contributed by atoms with Gasteiger partial charge >= 0.3 is 0 Å². The molecular weight excluding hydrogens is 320 g/mol. The van der Waals surface area contributed by atoms with E-state index in [4.69, 9.17) is 4.42 Å². The molecular formula is C17H19F2NO2S. The van der Waals surface area contributed by atoms with E-state index in [0.29, 0.717) is 12.1 Å². The summed E-state index contributed by atoms with van der Waals surface area (Å²) in [5.41, 5.74) is 0.386. The molecule has 0 aliphatic carbocycles. The number of aryl methyl sites for hydroxylation is 1. The number of β-amino-alcohol motifs (C(OH)–C–C–N with tert-alkyl or cyclic N) is 1. The Morgan fingerprint density at radius 2 is 2.13 bits per heavy atom. The van der Waals surface area contributed by atoms with Crippen LogP contribution in [0.4, 0.5) is 8.78 Å². The largest absolute Gasteiger partial charge is 0.465 e. The summed E-state index contributed by atoms with van der Waals surface area (Å²) in [4.78, 5) is 2.14. The first kappa shape index (κ1) is 16.5. The van der Waals surface area contributed by atoms with Gasteiger partial charge in [0.1, 0.15) is 11.5 Å². The zero-order valence-corrected chi connectivity index (χ0v) is 13.7. The van der Waals surface area contributed by atoms with Gasteiger partial charge in [-0.1, -0.05) is 6.07 Å². The highest BCUT2D eigenvalue weighted by molar-refractivity contribution is 7.99. The first-order valence-corrected chi connectivity index (χ1v) is 8.71. The van der Waals surface area contributed by atoms with Gasteiger partial charge in [0.15, 0.2) is 11.6 Å². The van der Waals surface area contributed by atoms with Crippen molar-refractivity contribution in [2.75, 3.05) is 24.6 Å². The van der Waals surface area contributed by atoms with Gasteiger partial charge in [0.25, 0.3) is 0 Å². The summed E-state index contributed by atoms with van der Waals surface area (Å²) in [6.45, 7) is 3.08. The molecule has 3 nitrogen and oxygen atoms in total. The van der Waals surface area contributed by atoms with Crippen molar-refractivity contribution in [2.45, 2.75) is 19.1 Å². The van der Waals surface area contributed by atoms with Gasteiger partial charge in [-0.15, -0.1) is 0 Å². The maximum absolute atomic E-state index is 13.3. The van der Waals surface area contributed by atoms with Crippen molar-refractivity contribution < 1.29 is 18.3 Å². The quantitative estimate of drug-likeness (QED) is 0.922. The molecule has 2 heterocycles. The number of halogens is 2. The van der Waals surface area contributed by atoms with Gasteiger partial charge in [0.2, 0.25) is 0 Å². The Morgan fingerprint density at radius 1 is 1.30 bits per heavy atom. The van der Waals surface area contributed by atoms with Crippen molar-refractivity contribution in [1.29, 1.82) is 0 Å². The Kier molecular flexibility index (Phi) is 5.04. The highest BCUT2D eigenvalue weighted by Gasteiger charge is 2.28. The Morgan fingerprint density at radius 3 is 2.83 bits per heavy atom. The van der Waals surface area contributed by atoms with Crippen molar-refractivity contribution >= 4 is 11.8 Å². The second-order valence-electron chi connectivity index (χ2n) is 5.72. The smallest absolute Gasteiger partial charge is 0.159 e. The van der Waals surface area contributed by atoms with E-state index >= 15 is 0 Å². The summed E-state index contributed by atoms with van der Waals surface area (Å²) in [5, 5.41) is 10.4. The Bertz CT molecular complexity index is 676. The molecule has 2 unspecified atom stereocenters. The fourth-order valence-corrected chi connectivity index (χ4v) is 3.93. The van der Waals surface area contributed by atoms with E-state index in [0.717, 1.165) is 41.7 Å². The molecule has 1 aliphatic rings. The number of nitrogens with zero attached hydrogens (tertiary/aromatic N) is 1. The Balaban J connectivity index is 1.74. The molecule has 0 saturated carbocycles. The molecule has 1 aromatic heterocycles. The SMILES string of the molecule is Cc1ccc(C2CSCCN2CC(O)c2ccc(F)c(F)c2)o1. The zero-order chi connectivity index (χ0) is 16.4. The lowest BCUT2D eigenvalue weighted by Crippen LogP contribution is -2.38. The maximum atomic E-state index is 13.3. The van der Waals surface area contributed by atoms with Crippen molar-refractivity contribution in [3.63, 3.8) is 0 Å². The molecule has 2 aromatic rings. The van der Waals surface area contributed by atoms with Gasteiger partial charge in [0.05, 0.1) is 12.1 Å². The van der Waals surface area contributed by atoms with Gasteiger partial charge in [-0.25, -0.2) is 8.78 Å². The van der Waals surface area contributed by atoms with Crippen LogP contribution in [-0.4, -0.2) is 34.6 Å². The van der Waals surface area contributed by atoms with Crippen LogP contribution in [0.1, 0.15) is 29.2 Å². The molecule has 3 rings (SSSR count). The van der Waals surface area contributed by atoms with Crippen molar-refractivity contribution in [1.82, 2.24) is 4.90 Å². The van der Waals surface area contributed by atoms with E-state index in [2.05, 4.69) is 4.90 Å². The van der Waals surface area contributed by atoms with Crippen LogP contribution in [-0.2, 0) is 0 Å². The first-order chi connectivity index (χ1) is 11.0. The molecule has 124 valence electrons. The minimum Gasteiger partial charge on any atom is -0.465 e. The van der Waals surface area contributed by atoms with Crippen LogP contribution in [0.25, 0.3) is 0 Å². The lowest BCUT2D eigenvalue weighted by Gasteiger charge is -2.35. The second kappa shape index (κ2) is 7.03. The molecule has 0 bridgehead atoms. The molecule has 2 atom stereocenters. The van der Waals surface area contributed by atoms with Crippen LogP contribution in [0.5, 0.6) is 0 Å². The standard InChI is InChI=1S/C17H19F2NO2S/c1-11-2-5-17(22-11)15-10-23-7-6-20(15)9-16(21)12-3-4-13(18)14(19)8-12/h2-5,8,15-16,21H,6-7,9-10H2,1H3. The molecule has 0 amide bonds. The number of aliphatic hydroxyl groups is 1. The number of hydrogen-bond donors (Lipinski definition) is 1. The number of hydrogen-bond acceptors (Lipinski definition) is 4. The summed E-state index contributed by atoms with van der Waals surface area (Å²) in [7, 11) is 0. The van der Waals surface area contributed by atoms with Crippen LogP contribution in [0.3, 0.4) is 0 Å². The molecule has 6 heteroatoms. The lowest BCUT2D eigenvalue weighted by molar-refractivity contribution is 0.0875. The number of aliphatic hydroxyl groups excluding tert-OH is 1. The van der Waals surface area contributed by atoms with Crippen LogP contribution in [0, 0.1) is 18.6 Å². The third-order valence-electron chi connectivity index (χ3n) is 4.06. The number of rotatable bonds is 4. The van der Waals surface area contributed by atoms with E-state index < -0.39 is 17.7 Å². The minimum absolute atomic E-state index is 0.0856. The predicted octanol–water partition coefficient (Wildman–Crippen LogP) is 3.69. The normalized spacial score (nSPS) is 20.6. The first-order valence-electron chi connectivity index (χ1n) is 7.55. The van der Waals surface area contributed by atoms with E-state index in [9.17, 15) is 13.9 Å². The van der Waals surface area contributed by atoms with E-state index in [1.165, 1.54) is 6.07 Å². The topological polar surface area (TPSA) is 36.6 Å². The van der Waals surface area contributed by atoms with Crippen LogP contribution in [0.15, 0.2) is 34.7 Å². The summed E-state index contributed by atoms with van der Waals surface area (Å²) in [5.74, 6) is 1.76. The Labute approximate surface area is 138 Å². The molecule has 1 saturated heterocycles. The van der Waals surface area contributed by atoms with Gasteiger partial charge in [-0.3, -0.25) is 4.90 Å². The highest BCUT2D eigenvalue weighted by Crippen LogP contribution is 2.32. The number of thioether (sulfide) groups is 1. The van der Waals surface area contributed by atoms with Crippen LogP contribution < -0.4 is 0 Å². The van der Waals surface area contributed by atoms with E-state index in [1.807, 2.05) is 30.8 Å². The Hall–Kier alpha value is -1.37. The van der Waals surface area contributed by atoms with Crippen molar-refractivity contribution in [3.8, 4) is 0 Å². The van der Waals surface area contributed by atoms with Crippen molar-refractivity contribution in [2.24, 2.45) is 0 Å².